The van der Waals surface area contributed by atoms with Gasteiger partial charge in [-0.25, -0.2) is 4.98 Å². The molecule has 0 radical (unpaired) electrons. The maximum Gasteiger partial charge on any atom is 0.226 e. The lowest BCUT2D eigenvalue weighted by Crippen LogP contribution is -2.51. The molecule has 0 fully saturated rings. The molecular formula is C34H36Cl2N6OS. The molecule has 4 aromatic rings. The third-order valence-corrected chi connectivity index (χ3v) is 8.62. The molecule has 1 atom stereocenters. The first-order valence-electron chi connectivity index (χ1n) is 14.5. The van der Waals surface area contributed by atoms with Crippen LogP contribution in [0.1, 0.15) is 41.8 Å². The van der Waals surface area contributed by atoms with E-state index in [2.05, 4.69) is 47.7 Å². The Hall–Kier alpha value is -3.90. The third-order valence-electron chi connectivity index (χ3n) is 7.36. The summed E-state index contributed by atoms with van der Waals surface area (Å²) < 4.78 is 1.95. The number of halogens is 2. The highest BCUT2D eigenvalue weighted by molar-refractivity contribution is 7.80. The van der Waals surface area contributed by atoms with Gasteiger partial charge < -0.3 is 20.1 Å². The lowest BCUT2D eigenvalue weighted by molar-refractivity contribution is -0.121. The summed E-state index contributed by atoms with van der Waals surface area (Å²) in [6, 6.07) is 25.1. The Morgan fingerprint density at radius 1 is 1.05 bits per heavy atom. The summed E-state index contributed by atoms with van der Waals surface area (Å²) in [5.74, 6) is 0.0286. The molecule has 4 rings (SSSR count). The zero-order valence-corrected chi connectivity index (χ0v) is 27.2. The molecule has 1 amide bonds. The lowest BCUT2D eigenvalue weighted by atomic mass is 10.0. The number of hydrogen-bond donors (Lipinski definition) is 2. The minimum absolute atomic E-state index is 0.103. The number of rotatable bonds is 13. The molecule has 0 saturated heterocycles. The van der Waals surface area contributed by atoms with Gasteiger partial charge in [0.15, 0.2) is 5.11 Å². The van der Waals surface area contributed by atoms with Crippen molar-refractivity contribution in [2.75, 3.05) is 13.1 Å². The minimum atomic E-state index is -0.191. The molecule has 1 heterocycles. The van der Waals surface area contributed by atoms with Gasteiger partial charge in [0.05, 0.1) is 34.4 Å². The number of imidazole rings is 1. The standard InChI is InChI=1S/C34H36Cl2N6OS/c1-24(2)31(40-32(43)17-29-19-38-23-42(29)20-27-13-11-26(18-37)12-14-27)22-41(21-28-9-6-10-30(35)33(28)36)34(44)39-16-15-25-7-4-3-5-8-25/h3-14,19,23-24,31H,15-17,20-22H2,1-2H3,(H,39,44)(H,40,43)/t31-/m1/s1. The molecule has 2 N–H and O–H groups in total. The number of amides is 1. The number of nitrogens with zero attached hydrogens (tertiary/aromatic N) is 4. The fraction of sp³-hybridized carbons (Fsp3) is 0.294. The van der Waals surface area contributed by atoms with E-state index in [1.54, 1.807) is 30.7 Å². The van der Waals surface area contributed by atoms with Crippen LogP contribution in [0, 0.1) is 17.2 Å². The normalized spacial score (nSPS) is 11.5. The van der Waals surface area contributed by atoms with Gasteiger partial charge in [0.2, 0.25) is 5.91 Å². The van der Waals surface area contributed by atoms with E-state index in [0.29, 0.717) is 46.9 Å². The molecule has 0 bridgehead atoms. The molecule has 0 aliphatic heterocycles. The van der Waals surface area contributed by atoms with Gasteiger partial charge in [-0.3, -0.25) is 4.79 Å². The molecule has 3 aromatic carbocycles. The van der Waals surface area contributed by atoms with E-state index in [-0.39, 0.29) is 24.3 Å². The molecule has 0 spiro atoms. The maximum absolute atomic E-state index is 13.4. The topological polar surface area (TPSA) is 86.0 Å². The largest absolute Gasteiger partial charge is 0.362 e. The highest BCUT2D eigenvalue weighted by Crippen LogP contribution is 2.27. The summed E-state index contributed by atoms with van der Waals surface area (Å²) in [6.07, 6.45) is 4.44. The van der Waals surface area contributed by atoms with Gasteiger partial charge in [0.25, 0.3) is 0 Å². The molecule has 228 valence electrons. The van der Waals surface area contributed by atoms with Crippen LogP contribution in [0.3, 0.4) is 0 Å². The summed E-state index contributed by atoms with van der Waals surface area (Å²) in [7, 11) is 0. The number of hydrogen-bond acceptors (Lipinski definition) is 4. The van der Waals surface area contributed by atoms with Crippen molar-refractivity contribution in [2.24, 2.45) is 5.92 Å². The number of nitrogens with one attached hydrogen (secondary N) is 2. The van der Waals surface area contributed by atoms with Gasteiger partial charge in [-0.1, -0.05) is 91.6 Å². The zero-order chi connectivity index (χ0) is 31.5. The van der Waals surface area contributed by atoms with Crippen LogP contribution in [0.5, 0.6) is 0 Å². The molecule has 0 aliphatic carbocycles. The second-order valence-electron chi connectivity index (χ2n) is 11.0. The highest BCUT2D eigenvalue weighted by atomic mass is 35.5. The molecule has 0 aliphatic rings. The van der Waals surface area contributed by atoms with E-state index in [9.17, 15) is 4.79 Å². The predicted molar refractivity (Wildman–Crippen MR) is 181 cm³/mol. The van der Waals surface area contributed by atoms with Gasteiger partial charge >= 0.3 is 0 Å². The average molecular weight is 648 g/mol. The number of nitriles is 1. The van der Waals surface area contributed by atoms with Crippen molar-refractivity contribution in [1.82, 2.24) is 25.1 Å². The third kappa shape index (κ3) is 9.55. The van der Waals surface area contributed by atoms with Crippen molar-refractivity contribution >= 4 is 46.4 Å². The Balaban J connectivity index is 1.43. The number of carbonyl (C=O) groups excluding carboxylic acids is 1. The summed E-state index contributed by atoms with van der Waals surface area (Å²) in [5, 5.41) is 17.3. The van der Waals surface area contributed by atoms with Crippen molar-refractivity contribution in [1.29, 1.82) is 5.26 Å². The van der Waals surface area contributed by atoms with E-state index >= 15 is 0 Å². The van der Waals surface area contributed by atoms with Crippen molar-refractivity contribution in [3.63, 3.8) is 0 Å². The molecule has 1 aromatic heterocycles. The fourth-order valence-corrected chi connectivity index (χ4v) is 5.39. The number of thiocarbonyl (C=S) groups is 1. The van der Waals surface area contributed by atoms with Crippen LogP contribution >= 0.6 is 35.4 Å². The Labute approximate surface area is 274 Å². The monoisotopic (exact) mass is 646 g/mol. The summed E-state index contributed by atoms with van der Waals surface area (Å²) in [4.78, 5) is 19.7. The van der Waals surface area contributed by atoms with Crippen LogP contribution < -0.4 is 10.6 Å². The van der Waals surface area contributed by atoms with Crippen LogP contribution in [0.4, 0.5) is 0 Å². The smallest absolute Gasteiger partial charge is 0.226 e. The Morgan fingerprint density at radius 3 is 2.50 bits per heavy atom. The first-order chi connectivity index (χ1) is 21.2. The Bertz CT molecular complexity index is 1580. The van der Waals surface area contributed by atoms with Crippen LogP contribution in [0.15, 0.2) is 85.3 Å². The minimum Gasteiger partial charge on any atom is -0.362 e. The van der Waals surface area contributed by atoms with E-state index < -0.39 is 0 Å². The second kappa shape index (κ2) is 16.2. The molecular weight excluding hydrogens is 611 g/mol. The number of benzene rings is 3. The van der Waals surface area contributed by atoms with Crippen LogP contribution in [-0.4, -0.2) is 44.6 Å². The molecule has 10 heteroatoms. The molecule has 0 saturated carbocycles. The highest BCUT2D eigenvalue weighted by Gasteiger charge is 2.23. The van der Waals surface area contributed by atoms with Gasteiger partial charge in [-0.15, -0.1) is 0 Å². The predicted octanol–water partition coefficient (Wildman–Crippen LogP) is 6.41. The summed E-state index contributed by atoms with van der Waals surface area (Å²) in [6.45, 7) is 6.30. The molecule has 7 nitrogen and oxygen atoms in total. The zero-order valence-electron chi connectivity index (χ0n) is 24.8. The summed E-state index contributed by atoms with van der Waals surface area (Å²) >= 11 is 18.8. The molecule has 44 heavy (non-hydrogen) atoms. The van der Waals surface area contributed by atoms with Gasteiger partial charge in [-0.2, -0.15) is 5.26 Å². The summed E-state index contributed by atoms with van der Waals surface area (Å²) in [5.41, 5.74) is 4.50. The van der Waals surface area contributed by atoms with Crippen molar-refractivity contribution < 1.29 is 4.79 Å². The van der Waals surface area contributed by atoms with Crippen molar-refractivity contribution in [2.45, 2.75) is 45.8 Å². The van der Waals surface area contributed by atoms with Crippen molar-refractivity contribution in [3.05, 3.63) is 123 Å². The van der Waals surface area contributed by atoms with Gasteiger partial charge in [0.1, 0.15) is 0 Å². The van der Waals surface area contributed by atoms with E-state index in [1.807, 2.05) is 51.9 Å². The Kier molecular flexibility index (Phi) is 12.2. The van der Waals surface area contributed by atoms with Gasteiger partial charge in [-0.05, 0) is 59.4 Å². The maximum atomic E-state index is 13.4. The van der Waals surface area contributed by atoms with Crippen molar-refractivity contribution in [3.8, 4) is 6.07 Å². The Morgan fingerprint density at radius 2 is 1.80 bits per heavy atom. The van der Waals surface area contributed by atoms with Crippen LogP contribution in [0.2, 0.25) is 10.0 Å². The number of carbonyl (C=O) groups is 1. The van der Waals surface area contributed by atoms with Gasteiger partial charge in [0, 0.05) is 44.1 Å². The van der Waals surface area contributed by atoms with E-state index in [4.69, 9.17) is 40.7 Å². The first-order valence-corrected chi connectivity index (χ1v) is 15.7. The molecule has 0 unspecified atom stereocenters. The second-order valence-corrected chi connectivity index (χ2v) is 12.1. The average Bonchev–Trinajstić information content (AvgIpc) is 3.45. The van der Waals surface area contributed by atoms with Crippen LogP contribution in [0.25, 0.3) is 0 Å². The fourth-order valence-electron chi connectivity index (χ4n) is 4.77. The van der Waals surface area contributed by atoms with E-state index in [1.165, 1.54) is 5.56 Å². The SMILES string of the molecule is CC(C)[C@@H](CN(Cc1cccc(Cl)c1Cl)C(=S)NCCc1ccccc1)NC(=O)Cc1cncn1Cc1ccc(C#N)cc1. The first kappa shape index (κ1) is 33.0. The van der Waals surface area contributed by atoms with E-state index in [0.717, 1.165) is 23.2 Å². The van der Waals surface area contributed by atoms with Crippen LogP contribution in [-0.2, 0) is 30.7 Å². The number of aromatic nitrogens is 2. The quantitative estimate of drug-likeness (QED) is 0.163. The lowest BCUT2D eigenvalue weighted by Gasteiger charge is -2.33.